The smallest absolute Gasteiger partial charge is 0.246 e. The monoisotopic (exact) mass is 393 g/mol. The van der Waals surface area contributed by atoms with E-state index in [1.165, 1.54) is 0 Å². The predicted octanol–water partition coefficient (Wildman–Crippen LogP) is 3.31. The highest BCUT2D eigenvalue weighted by Gasteiger charge is 2.20. The molecule has 7 heteroatoms. The minimum absolute atomic E-state index is 0.0553. The van der Waals surface area contributed by atoms with Gasteiger partial charge >= 0.3 is 0 Å². The summed E-state index contributed by atoms with van der Waals surface area (Å²) in [7, 11) is 0. The number of thiazole rings is 1. The number of nitrogens with zero attached hydrogens (tertiary/aromatic N) is 5. The maximum Gasteiger partial charge on any atom is 0.246 e. The highest BCUT2D eigenvalue weighted by atomic mass is 32.1. The number of piperazine rings is 1. The van der Waals surface area contributed by atoms with Crippen LogP contribution in [-0.4, -0.2) is 51.5 Å². The van der Waals surface area contributed by atoms with Crippen LogP contribution in [0.3, 0.4) is 0 Å². The maximum absolute atomic E-state index is 12.6. The van der Waals surface area contributed by atoms with Gasteiger partial charge in [0.15, 0.2) is 5.13 Å². The minimum Gasteiger partial charge on any atom is -0.353 e. The second-order valence-corrected chi connectivity index (χ2v) is 7.68. The van der Waals surface area contributed by atoms with Gasteiger partial charge in [-0.2, -0.15) is 0 Å². The van der Waals surface area contributed by atoms with Crippen LogP contribution in [0.4, 0.5) is 5.82 Å². The average Bonchev–Trinajstić information content (AvgIpc) is 3.34. The van der Waals surface area contributed by atoms with Gasteiger partial charge in [0, 0.05) is 61.4 Å². The van der Waals surface area contributed by atoms with Crippen LogP contribution in [0, 0.1) is 13.8 Å². The molecule has 3 aromatic rings. The van der Waals surface area contributed by atoms with E-state index in [1.54, 1.807) is 23.6 Å². The van der Waals surface area contributed by atoms with Gasteiger partial charge in [-0.15, -0.1) is 11.3 Å². The number of aryl methyl sites for hydroxylation is 1. The molecule has 144 valence electrons. The van der Waals surface area contributed by atoms with Crippen molar-refractivity contribution in [2.24, 2.45) is 0 Å². The van der Waals surface area contributed by atoms with Gasteiger partial charge in [-0.1, -0.05) is 6.07 Å². The molecular formula is C21H23N5OS. The number of pyridine rings is 1. The quantitative estimate of drug-likeness (QED) is 0.638. The van der Waals surface area contributed by atoms with Crippen LogP contribution >= 0.6 is 11.3 Å². The molecule has 28 heavy (non-hydrogen) atoms. The van der Waals surface area contributed by atoms with Gasteiger partial charge in [0.2, 0.25) is 5.91 Å². The van der Waals surface area contributed by atoms with Crippen LogP contribution in [0.2, 0.25) is 0 Å². The van der Waals surface area contributed by atoms with Crippen molar-refractivity contribution in [2.45, 2.75) is 13.8 Å². The van der Waals surface area contributed by atoms with Gasteiger partial charge in [0.25, 0.3) is 0 Å². The predicted molar refractivity (Wildman–Crippen MR) is 113 cm³/mol. The van der Waals surface area contributed by atoms with E-state index in [0.717, 1.165) is 41.0 Å². The number of amides is 1. The van der Waals surface area contributed by atoms with Crippen LogP contribution < -0.4 is 4.90 Å². The SMILES string of the molecule is Cc1cc(C=CC(=O)N2CCN(c3ccccn3)CC2)c(C)n1-c1nccs1. The summed E-state index contributed by atoms with van der Waals surface area (Å²) in [5.74, 6) is 1.03. The lowest BCUT2D eigenvalue weighted by Crippen LogP contribution is -2.48. The molecule has 0 atom stereocenters. The van der Waals surface area contributed by atoms with Crippen molar-refractivity contribution in [3.8, 4) is 5.13 Å². The lowest BCUT2D eigenvalue weighted by Gasteiger charge is -2.34. The van der Waals surface area contributed by atoms with E-state index in [-0.39, 0.29) is 5.91 Å². The molecule has 0 aromatic carbocycles. The van der Waals surface area contributed by atoms with E-state index in [2.05, 4.69) is 39.3 Å². The van der Waals surface area contributed by atoms with Gasteiger partial charge < -0.3 is 9.80 Å². The molecule has 1 aliphatic rings. The van der Waals surface area contributed by atoms with Crippen molar-refractivity contribution < 1.29 is 4.79 Å². The van der Waals surface area contributed by atoms with E-state index in [9.17, 15) is 4.79 Å². The van der Waals surface area contributed by atoms with Gasteiger partial charge in [0.05, 0.1) is 0 Å². The lowest BCUT2D eigenvalue weighted by molar-refractivity contribution is -0.126. The Morgan fingerprint density at radius 3 is 2.61 bits per heavy atom. The molecule has 3 aromatic heterocycles. The number of carbonyl (C=O) groups is 1. The fourth-order valence-corrected chi connectivity index (χ4v) is 4.29. The molecule has 0 radical (unpaired) electrons. The van der Waals surface area contributed by atoms with E-state index >= 15 is 0 Å². The Morgan fingerprint density at radius 1 is 1.11 bits per heavy atom. The second-order valence-electron chi connectivity index (χ2n) is 6.81. The molecule has 0 spiro atoms. The number of hydrogen-bond donors (Lipinski definition) is 0. The highest BCUT2D eigenvalue weighted by molar-refractivity contribution is 7.12. The number of carbonyl (C=O) groups excluding carboxylic acids is 1. The van der Waals surface area contributed by atoms with E-state index in [1.807, 2.05) is 40.8 Å². The first kappa shape index (κ1) is 18.4. The van der Waals surface area contributed by atoms with Crippen LogP contribution in [0.5, 0.6) is 0 Å². The Bertz CT molecular complexity index is 970. The molecule has 0 bridgehead atoms. The summed E-state index contributed by atoms with van der Waals surface area (Å²) in [5, 5.41) is 2.92. The summed E-state index contributed by atoms with van der Waals surface area (Å²) in [6.45, 7) is 7.13. The zero-order valence-corrected chi connectivity index (χ0v) is 16.9. The van der Waals surface area contributed by atoms with Gasteiger partial charge in [-0.25, -0.2) is 9.97 Å². The number of hydrogen-bond acceptors (Lipinski definition) is 5. The van der Waals surface area contributed by atoms with E-state index in [0.29, 0.717) is 13.1 Å². The molecule has 1 amide bonds. The second kappa shape index (κ2) is 7.98. The molecule has 4 rings (SSSR count). The van der Waals surface area contributed by atoms with Crippen molar-refractivity contribution in [2.75, 3.05) is 31.1 Å². The Balaban J connectivity index is 1.41. The zero-order chi connectivity index (χ0) is 19.5. The number of anilines is 1. The third-order valence-electron chi connectivity index (χ3n) is 5.05. The third kappa shape index (κ3) is 3.71. The molecule has 1 fully saturated rings. The number of aromatic nitrogens is 3. The van der Waals surface area contributed by atoms with Crippen LogP contribution in [0.15, 0.2) is 48.1 Å². The Labute approximate surface area is 168 Å². The van der Waals surface area contributed by atoms with Gasteiger partial charge in [-0.05, 0) is 43.7 Å². The molecule has 1 aliphatic heterocycles. The molecule has 4 heterocycles. The van der Waals surface area contributed by atoms with E-state index in [4.69, 9.17) is 0 Å². The first-order valence-corrected chi connectivity index (χ1v) is 10.2. The first-order chi connectivity index (χ1) is 13.6. The Hall–Kier alpha value is -2.93. The van der Waals surface area contributed by atoms with Gasteiger partial charge in [-0.3, -0.25) is 9.36 Å². The van der Waals surface area contributed by atoms with Crippen molar-refractivity contribution in [1.82, 2.24) is 19.4 Å². The van der Waals surface area contributed by atoms with Crippen LogP contribution in [-0.2, 0) is 4.79 Å². The van der Waals surface area contributed by atoms with Crippen molar-refractivity contribution >= 4 is 29.1 Å². The lowest BCUT2D eigenvalue weighted by atomic mass is 10.2. The summed E-state index contributed by atoms with van der Waals surface area (Å²) in [5.41, 5.74) is 3.26. The fourth-order valence-electron chi connectivity index (χ4n) is 3.54. The molecule has 0 N–H and O–H groups in total. The summed E-state index contributed by atoms with van der Waals surface area (Å²) in [6, 6.07) is 8.01. The normalized spacial score (nSPS) is 14.8. The Kier molecular flexibility index (Phi) is 5.25. The zero-order valence-electron chi connectivity index (χ0n) is 16.1. The third-order valence-corrected chi connectivity index (χ3v) is 5.81. The molecule has 0 aliphatic carbocycles. The summed E-state index contributed by atoms with van der Waals surface area (Å²) in [4.78, 5) is 25.5. The largest absolute Gasteiger partial charge is 0.353 e. The average molecular weight is 394 g/mol. The van der Waals surface area contributed by atoms with E-state index < -0.39 is 0 Å². The fraction of sp³-hybridized carbons (Fsp3) is 0.286. The molecule has 0 saturated carbocycles. The van der Waals surface area contributed by atoms with Crippen molar-refractivity contribution in [1.29, 1.82) is 0 Å². The molecule has 0 unspecified atom stereocenters. The molecule has 1 saturated heterocycles. The standard InChI is InChI=1S/C21H23N5OS/c1-16-15-18(17(2)26(16)21-23-9-14-28-21)6-7-20(27)25-12-10-24(11-13-25)19-5-3-4-8-22-19/h3-9,14-15H,10-13H2,1-2H3. The summed E-state index contributed by atoms with van der Waals surface area (Å²) >= 11 is 1.61. The highest BCUT2D eigenvalue weighted by Crippen LogP contribution is 2.23. The topological polar surface area (TPSA) is 54.3 Å². The molecular weight excluding hydrogens is 370 g/mol. The first-order valence-electron chi connectivity index (χ1n) is 9.35. The van der Waals surface area contributed by atoms with Crippen molar-refractivity contribution in [3.05, 3.63) is 65.1 Å². The maximum atomic E-state index is 12.6. The molecule has 6 nitrogen and oxygen atoms in total. The number of rotatable bonds is 4. The summed E-state index contributed by atoms with van der Waals surface area (Å²) in [6.07, 6.45) is 7.21. The van der Waals surface area contributed by atoms with Crippen LogP contribution in [0.1, 0.15) is 17.0 Å². The van der Waals surface area contributed by atoms with Crippen LogP contribution in [0.25, 0.3) is 11.2 Å². The summed E-state index contributed by atoms with van der Waals surface area (Å²) < 4.78 is 2.13. The minimum atomic E-state index is 0.0553. The van der Waals surface area contributed by atoms with Crippen molar-refractivity contribution in [3.63, 3.8) is 0 Å². The van der Waals surface area contributed by atoms with Gasteiger partial charge in [0.1, 0.15) is 5.82 Å². The Morgan fingerprint density at radius 2 is 1.93 bits per heavy atom.